The van der Waals surface area contributed by atoms with Crippen LogP contribution in [0.4, 0.5) is 11.4 Å². The summed E-state index contributed by atoms with van der Waals surface area (Å²) >= 11 is 6.09. The largest absolute Gasteiger partial charge is 0.322 e. The second-order valence-electron chi connectivity index (χ2n) is 5.78. The zero-order valence-corrected chi connectivity index (χ0v) is 14.3. The van der Waals surface area contributed by atoms with Crippen molar-refractivity contribution in [1.29, 1.82) is 0 Å². The SMILES string of the molecule is CCc1ccccc1NC(=O)c1ccc(Cl)cc1N1CCCC1=O. The third kappa shape index (κ3) is 3.29. The highest BCUT2D eigenvalue weighted by Gasteiger charge is 2.26. The van der Waals surface area contributed by atoms with Gasteiger partial charge in [0, 0.05) is 23.7 Å². The molecular formula is C19H19ClN2O2. The van der Waals surface area contributed by atoms with Gasteiger partial charge in [0.1, 0.15) is 0 Å². The van der Waals surface area contributed by atoms with Gasteiger partial charge in [0.25, 0.3) is 5.91 Å². The zero-order chi connectivity index (χ0) is 17.1. The van der Waals surface area contributed by atoms with Crippen molar-refractivity contribution < 1.29 is 9.59 Å². The van der Waals surface area contributed by atoms with Gasteiger partial charge in [0.2, 0.25) is 5.91 Å². The smallest absolute Gasteiger partial charge is 0.257 e. The molecule has 24 heavy (non-hydrogen) atoms. The van der Waals surface area contributed by atoms with Gasteiger partial charge in [-0.05, 0) is 42.7 Å². The maximum absolute atomic E-state index is 12.8. The molecule has 0 saturated carbocycles. The zero-order valence-electron chi connectivity index (χ0n) is 13.5. The molecule has 0 spiro atoms. The van der Waals surface area contributed by atoms with Crippen molar-refractivity contribution in [3.8, 4) is 0 Å². The summed E-state index contributed by atoms with van der Waals surface area (Å²) < 4.78 is 0. The van der Waals surface area contributed by atoms with E-state index in [1.54, 1.807) is 23.1 Å². The van der Waals surface area contributed by atoms with Crippen molar-refractivity contribution in [2.45, 2.75) is 26.2 Å². The first-order chi connectivity index (χ1) is 11.6. The van der Waals surface area contributed by atoms with E-state index in [1.807, 2.05) is 31.2 Å². The quantitative estimate of drug-likeness (QED) is 0.901. The number of hydrogen-bond acceptors (Lipinski definition) is 2. The lowest BCUT2D eigenvalue weighted by Crippen LogP contribution is -2.27. The van der Waals surface area contributed by atoms with Crippen LogP contribution in [-0.2, 0) is 11.2 Å². The number of benzene rings is 2. The molecule has 1 aliphatic heterocycles. The van der Waals surface area contributed by atoms with E-state index in [0.717, 1.165) is 24.1 Å². The van der Waals surface area contributed by atoms with Crippen LogP contribution in [-0.4, -0.2) is 18.4 Å². The lowest BCUT2D eigenvalue weighted by Gasteiger charge is -2.20. The molecule has 0 bridgehead atoms. The van der Waals surface area contributed by atoms with Crippen molar-refractivity contribution in [2.75, 3.05) is 16.8 Å². The summed E-state index contributed by atoms with van der Waals surface area (Å²) in [5.74, 6) is -0.206. The fraction of sp³-hybridized carbons (Fsp3) is 0.263. The lowest BCUT2D eigenvalue weighted by atomic mass is 10.1. The average molecular weight is 343 g/mol. The van der Waals surface area contributed by atoms with E-state index in [-0.39, 0.29) is 11.8 Å². The van der Waals surface area contributed by atoms with Crippen molar-refractivity contribution >= 4 is 34.8 Å². The number of hydrogen-bond donors (Lipinski definition) is 1. The molecule has 0 unspecified atom stereocenters. The Kier molecular flexibility index (Phi) is 4.86. The first-order valence-corrected chi connectivity index (χ1v) is 8.47. The van der Waals surface area contributed by atoms with Gasteiger partial charge in [-0.3, -0.25) is 9.59 Å². The monoisotopic (exact) mass is 342 g/mol. The summed E-state index contributed by atoms with van der Waals surface area (Å²) in [6.07, 6.45) is 2.13. The predicted octanol–water partition coefficient (Wildman–Crippen LogP) is 4.28. The highest BCUT2D eigenvalue weighted by atomic mass is 35.5. The molecule has 4 nitrogen and oxygen atoms in total. The molecule has 2 aromatic rings. The molecule has 1 fully saturated rings. The van der Waals surface area contributed by atoms with E-state index in [4.69, 9.17) is 11.6 Å². The minimum Gasteiger partial charge on any atom is -0.322 e. The number of para-hydroxylation sites is 1. The first-order valence-electron chi connectivity index (χ1n) is 8.09. The lowest BCUT2D eigenvalue weighted by molar-refractivity contribution is -0.117. The maximum atomic E-state index is 12.8. The fourth-order valence-electron chi connectivity index (χ4n) is 2.96. The number of nitrogens with zero attached hydrogens (tertiary/aromatic N) is 1. The Morgan fingerprint density at radius 2 is 2.04 bits per heavy atom. The Balaban J connectivity index is 1.94. The molecule has 1 N–H and O–H groups in total. The summed E-state index contributed by atoms with van der Waals surface area (Å²) in [5, 5.41) is 3.47. The van der Waals surface area contributed by atoms with Crippen LogP contribution in [0.2, 0.25) is 5.02 Å². The Morgan fingerprint density at radius 1 is 1.25 bits per heavy atom. The topological polar surface area (TPSA) is 49.4 Å². The molecule has 0 aliphatic carbocycles. The number of carbonyl (C=O) groups is 2. The van der Waals surface area contributed by atoms with Crippen LogP contribution >= 0.6 is 11.6 Å². The molecular weight excluding hydrogens is 324 g/mol. The minimum absolute atomic E-state index is 0.0280. The van der Waals surface area contributed by atoms with Crippen molar-refractivity contribution in [2.24, 2.45) is 0 Å². The Bertz CT molecular complexity index is 789. The van der Waals surface area contributed by atoms with Crippen molar-refractivity contribution in [3.63, 3.8) is 0 Å². The van der Waals surface area contributed by atoms with E-state index < -0.39 is 0 Å². The van der Waals surface area contributed by atoms with Crippen LogP contribution in [0, 0.1) is 0 Å². The summed E-state index contributed by atoms with van der Waals surface area (Å²) in [6, 6.07) is 12.7. The van der Waals surface area contributed by atoms with Gasteiger partial charge in [-0.15, -0.1) is 0 Å². The Morgan fingerprint density at radius 3 is 2.75 bits per heavy atom. The van der Waals surface area contributed by atoms with Crippen molar-refractivity contribution in [3.05, 3.63) is 58.6 Å². The van der Waals surface area contributed by atoms with Crippen LogP contribution in [0.1, 0.15) is 35.7 Å². The Hall–Kier alpha value is -2.33. The number of anilines is 2. The van der Waals surface area contributed by atoms with Gasteiger partial charge in [-0.25, -0.2) is 0 Å². The minimum atomic E-state index is -0.234. The van der Waals surface area contributed by atoms with Crippen LogP contribution in [0.15, 0.2) is 42.5 Å². The van der Waals surface area contributed by atoms with Crippen LogP contribution < -0.4 is 10.2 Å². The molecule has 3 rings (SSSR count). The van der Waals surface area contributed by atoms with Gasteiger partial charge in [-0.2, -0.15) is 0 Å². The van der Waals surface area contributed by atoms with Crippen LogP contribution in [0.5, 0.6) is 0 Å². The molecule has 0 radical (unpaired) electrons. The van der Waals surface area contributed by atoms with E-state index in [9.17, 15) is 9.59 Å². The van der Waals surface area contributed by atoms with Crippen LogP contribution in [0.3, 0.4) is 0 Å². The van der Waals surface area contributed by atoms with E-state index in [2.05, 4.69) is 5.32 Å². The number of aryl methyl sites for hydroxylation is 1. The molecule has 1 heterocycles. The fourth-order valence-corrected chi connectivity index (χ4v) is 3.13. The summed E-state index contributed by atoms with van der Waals surface area (Å²) in [6.45, 7) is 2.66. The molecule has 2 amide bonds. The Labute approximate surface area is 146 Å². The van der Waals surface area contributed by atoms with E-state index in [0.29, 0.717) is 29.2 Å². The normalized spacial score (nSPS) is 14.1. The predicted molar refractivity (Wildman–Crippen MR) is 96.8 cm³/mol. The number of carbonyl (C=O) groups excluding carboxylic acids is 2. The van der Waals surface area contributed by atoms with Gasteiger partial charge in [-0.1, -0.05) is 36.7 Å². The average Bonchev–Trinajstić information content (AvgIpc) is 3.01. The number of nitrogens with one attached hydrogen (secondary N) is 1. The standard InChI is InChI=1S/C19H19ClN2O2/c1-2-13-6-3-4-7-16(13)21-19(24)15-10-9-14(20)12-17(15)22-11-5-8-18(22)23/h3-4,6-7,9-10,12H,2,5,8,11H2,1H3,(H,21,24). The van der Waals surface area contributed by atoms with Crippen molar-refractivity contribution in [1.82, 2.24) is 0 Å². The highest BCUT2D eigenvalue weighted by Crippen LogP contribution is 2.29. The summed E-state index contributed by atoms with van der Waals surface area (Å²) in [4.78, 5) is 26.5. The molecule has 1 aliphatic rings. The number of rotatable bonds is 4. The van der Waals surface area contributed by atoms with Crippen LogP contribution in [0.25, 0.3) is 0 Å². The summed E-state index contributed by atoms with van der Waals surface area (Å²) in [7, 11) is 0. The van der Waals surface area contributed by atoms with E-state index in [1.165, 1.54) is 0 Å². The third-order valence-corrected chi connectivity index (χ3v) is 4.45. The number of halogens is 1. The first kappa shape index (κ1) is 16.5. The highest BCUT2D eigenvalue weighted by molar-refractivity contribution is 6.31. The summed E-state index contributed by atoms with van der Waals surface area (Å²) in [5.41, 5.74) is 2.90. The molecule has 124 valence electrons. The number of amides is 2. The molecule has 1 saturated heterocycles. The molecule has 0 atom stereocenters. The van der Waals surface area contributed by atoms with Gasteiger partial charge < -0.3 is 10.2 Å². The third-order valence-electron chi connectivity index (χ3n) is 4.22. The van der Waals surface area contributed by atoms with E-state index >= 15 is 0 Å². The van der Waals surface area contributed by atoms with Gasteiger partial charge in [0.15, 0.2) is 0 Å². The second kappa shape index (κ2) is 7.05. The van der Waals surface area contributed by atoms with Gasteiger partial charge in [0.05, 0.1) is 11.3 Å². The second-order valence-corrected chi connectivity index (χ2v) is 6.21. The maximum Gasteiger partial charge on any atom is 0.257 e. The molecule has 2 aromatic carbocycles. The molecule has 0 aromatic heterocycles. The van der Waals surface area contributed by atoms with Gasteiger partial charge >= 0.3 is 0 Å². The molecule has 5 heteroatoms.